The van der Waals surface area contributed by atoms with E-state index in [9.17, 15) is 13.2 Å². The average Bonchev–Trinajstić information content (AvgIpc) is 2.35. The lowest BCUT2D eigenvalue weighted by molar-refractivity contribution is -0.325. The Kier molecular flexibility index (Phi) is 6.57. The second kappa shape index (κ2) is 7.70. The van der Waals surface area contributed by atoms with Crippen molar-refractivity contribution in [3.8, 4) is 11.5 Å². The minimum atomic E-state index is -4.66. The molecule has 0 amide bonds. The maximum Gasteiger partial charge on any atom is 0.522 e. The summed E-state index contributed by atoms with van der Waals surface area (Å²) in [6.07, 6.45) is -4.66. The summed E-state index contributed by atoms with van der Waals surface area (Å²) in [6, 6.07) is 3.41. The second-order valence-corrected chi connectivity index (χ2v) is 4.54. The van der Waals surface area contributed by atoms with Gasteiger partial charge in [0.15, 0.2) is 11.5 Å². The van der Waals surface area contributed by atoms with Crippen LogP contribution in [0, 0.1) is 0 Å². The predicted molar refractivity (Wildman–Crippen MR) is 70.7 cm³/mol. The molecule has 20 heavy (non-hydrogen) atoms. The molecule has 1 aromatic rings. The molecular weight excluding hydrogens is 343 g/mol. The molecule has 114 valence electrons. The Labute approximate surface area is 123 Å². The van der Waals surface area contributed by atoms with E-state index in [1.165, 1.54) is 0 Å². The van der Waals surface area contributed by atoms with Gasteiger partial charge in [-0.3, -0.25) is 4.74 Å². The van der Waals surface area contributed by atoms with Crippen LogP contribution < -0.4 is 15.2 Å². The second-order valence-electron chi connectivity index (χ2n) is 3.68. The zero-order valence-corrected chi connectivity index (χ0v) is 12.4. The van der Waals surface area contributed by atoms with Crippen LogP contribution in [0.15, 0.2) is 16.6 Å². The van der Waals surface area contributed by atoms with E-state index >= 15 is 0 Å². The van der Waals surface area contributed by atoms with Crippen LogP contribution >= 0.6 is 15.9 Å². The highest BCUT2D eigenvalue weighted by Gasteiger charge is 2.28. The van der Waals surface area contributed by atoms with E-state index in [1.807, 2.05) is 0 Å². The van der Waals surface area contributed by atoms with Crippen LogP contribution in [0.2, 0.25) is 0 Å². The van der Waals surface area contributed by atoms with Gasteiger partial charge in [0.25, 0.3) is 0 Å². The number of alkyl halides is 3. The van der Waals surface area contributed by atoms with E-state index < -0.39 is 13.0 Å². The molecule has 1 aromatic carbocycles. The molecule has 0 aromatic heterocycles. The third-order valence-corrected chi connectivity index (χ3v) is 2.79. The van der Waals surface area contributed by atoms with Crippen LogP contribution in [0.4, 0.5) is 13.2 Å². The molecule has 0 aliphatic heterocycles. The van der Waals surface area contributed by atoms with Crippen LogP contribution in [0.5, 0.6) is 11.5 Å². The van der Waals surface area contributed by atoms with E-state index in [-0.39, 0.29) is 6.61 Å². The Morgan fingerprint density at radius 1 is 1.20 bits per heavy atom. The molecule has 0 saturated heterocycles. The third kappa shape index (κ3) is 5.56. The molecule has 1 rings (SSSR count). The minimum Gasteiger partial charge on any atom is -0.490 e. The van der Waals surface area contributed by atoms with Gasteiger partial charge in [-0.1, -0.05) is 0 Å². The summed E-state index contributed by atoms with van der Waals surface area (Å²) in [6.45, 7) is 1.66. The van der Waals surface area contributed by atoms with Crippen LogP contribution in [-0.2, 0) is 11.3 Å². The summed E-state index contributed by atoms with van der Waals surface area (Å²) in [5.41, 5.74) is 6.36. The van der Waals surface area contributed by atoms with Crippen molar-refractivity contribution < 1.29 is 27.4 Å². The first-order valence-corrected chi connectivity index (χ1v) is 6.65. The van der Waals surface area contributed by atoms with Crippen molar-refractivity contribution in [3.05, 3.63) is 22.2 Å². The molecule has 0 unspecified atom stereocenters. The lowest BCUT2D eigenvalue weighted by Gasteiger charge is -2.15. The first-order valence-electron chi connectivity index (χ1n) is 5.86. The fraction of sp³-hybridized carbons (Fsp3) is 0.500. The Balaban J connectivity index is 2.72. The molecule has 0 atom stereocenters. The number of benzene rings is 1. The number of rotatable bonds is 7. The van der Waals surface area contributed by atoms with Gasteiger partial charge in [-0.05, 0) is 40.5 Å². The molecule has 2 N–H and O–H groups in total. The number of hydrogen-bond donors (Lipinski definition) is 1. The van der Waals surface area contributed by atoms with E-state index in [4.69, 9.17) is 15.2 Å². The molecule has 0 aliphatic rings. The fourth-order valence-electron chi connectivity index (χ4n) is 1.44. The zero-order chi connectivity index (χ0) is 15.2. The highest BCUT2D eigenvalue weighted by molar-refractivity contribution is 9.10. The third-order valence-electron chi connectivity index (χ3n) is 2.20. The SMILES string of the molecule is CCOc1cc(CN)cc(Br)c1OCCOC(F)(F)F. The van der Waals surface area contributed by atoms with Crippen molar-refractivity contribution >= 4 is 15.9 Å². The van der Waals surface area contributed by atoms with Crippen LogP contribution in [0.3, 0.4) is 0 Å². The van der Waals surface area contributed by atoms with Gasteiger partial charge in [0.2, 0.25) is 0 Å². The number of nitrogens with two attached hydrogens (primary N) is 1. The standard InChI is InChI=1S/C12H15BrF3NO3/c1-2-18-10-6-8(7-17)5-9(13)11(10)19-3-4-20-12(14,15)16/h5-6H,2-4,7,17H2,1H3. The van der Waals surface area contributed by atoms with Crippen molar-refractivity contribution in [2.75, 3.05) is 19.8 Å². The Bertz CT molecular complexity index is 441. The van der Waals surface area contributed by atoms with Crippen molar-refractivity contribution in [2.24, 2.45) is 5.73 Å². The van der Waals surface area contributed by atoms with Gasteiger partial charge in [-0.25, -0.2) is 0 Å². The highest BCUT2D eigenvalue weighted by Crippen LogP contribution is 2.36. The zero-order valence-electron chi connectivity index (χ0n) is 10.8. The van der Waals surface area contributed by atoms with E-state index in [2.05, 4.69) is 20.7 Å². The Morgan fingerprint density at radius 2 is 1.90 bits per heavy atom. The van der Waals surface area contributed by atoms with Gasteiger partial charge in [0.05, 0.1) is 17.7 Å². The van der Waals surface area contributed by atoms with Gasteiger partial charge in [-0.2, -0.15) is 0 Å². The van der Waals surface area contributed by atoms with Gasteiger partial charge < -0.3 is 15.2 Å². The van der Waals surface area contributed by atoms with Gasteiger partial charge >= 0.3 is 6.36 Å². The van der Waals surface area contributed by atoms with Gasteiger partial charge in [-0.15, -0.1) is 13.2 Å². The molecule has 0 saturated carbocycles. The van der Waals surface area contributed by atoms with Crippen molar-refractivity contribution in [1.82, 2.24) is 0 Å². The van der Waals surface area contributed by atoms with Gasteiger partial charge in [0.1, 0.15) is 6.61 Å². The van der Waals surface area contributed by atoms with Crippen molar-refractivity contribution in [2.45, 2.75) is 19.8 Å². The molecule has 0 heterocycles. The first kappa shape index (κ1) is 17.1. The Morgan fingerprint density at radius 3 is 2.45 bits per heavy atom. The van der Waals surface area contributed by atoms with Crippen LogP contribution in [0.25, 0.3) is 0 Å². The molecule has 0 aliphatic carbocycles. The topological polar surface area (TPSA) is 53.7 Å². The average molecular weight is 358 g/mol. The van der Waals surface area contributed by atoms with Crippen LogP contribution in [-0.4, -0.2) is 26.2 Å². The van der Waals surface area contributed by atoms with E-state index in [0.29, 0.717) is 29.1 Å². The summed E-state index contributed by atoms with van der Waals surface area (Å²) in [5.74, 6) is 0.754. The minimum absolute atomic E-state index is 0.250. The van der Waals surface area contributed by atoms with E-state index in [1.54, 1.807) is 19.1 Å². The summed E-state index contributed by atoms with van der Waals surface area (Å²) in [4.78, 5) is 0. The lowest BCUT2D eigenvalue weighted by Crippen LogP contribution is -2.18. The number of ether oxygens (including phenoxy) is 3. The largest absolute Gasteiger partial charge is 0.522 e. The maximum atomic E-state index is 11.8. The highest BCUT2D eigenvalue weighted by atomic mass is 79.9. The smallest absolute Gasteiger partial charge is 0.490 e. The summed E-state index contributed by atoms with van der Waals surface area (Å²) < 4.78 is 50.4. The number of hydrogen-bond acceptors (Lipinski definition) is 4. The van der Waals surface area contributed by atoms with Crippen LogP contribution in [0.1, 0.15) is 12.5 Å². The molecule has 0 fully saturated rings. The molecular formula is C12H15BrF3NO3. The predicted octanol–water partition coefficient (Wildman–Crippen LogP) is 3.22. The lowest BCUT2D eigenvalue weighted by atomic mass is 10.2. The van der Waals surface area contributed by atoms with Crippen molar-refractivity contribution in [3.63, 3.8) is 0 Å². The molecule has 4 nitrogen and oxygen atoms in total. The summed E-state index contributed by atoms with van der Waals surface area (Å²) in [7, 11) is 0. The maximum absolute atomic E-state index is 11.8. The molecule has 8 heteroatoms. The normalized spacial score (nSPS) is 11.5. The van der Waals surface area contributed by atoms with Crippen molar-refractivity contribution in [1.29, 1.82) is 0 Å². The monoisotopic (exact) mass is 357 g/mol. The Hall–Kier alpha value is -0.990. The summed E-state index contributed by atoms with van der Waals surface area (Å²) >= 11 is 3.28. The van der Waals surface area contributed by atoms with E-state index in [0.717, 1.165) is 5.56 Å². The fourth-order valence-corrected chi connectivity index (χ4v) is 2.05. The number of halogens is 4. The quantitative estimate of drug-likeness (QED) is 0.761. The molecule has 0 spiro atoms. The molecule has 0 radical (unpaired) electrons. The summed E-state index contributed by atoms with van der Waals surface area (Å²) in [5, 5.41) is 0. The molecule has 0 bridgehead atoms. The first-order chi connectivity index (χ1) is 9.37. The van der Waals surface area contributed by atoms with Gasteiger partial charge in [0, 0.05) is 6.54 Å².